The Bertz CT molecular complexity index is 701. The van der Waals surface area contributed by atoms with Crippen molar-refractivity contribution in [3.8, 4) is 0 Å². The number of hydrogen-bond acceptors (Lipinski definition) is 2. The van der Waals surface area contributed by atoms with E-state index in [-0.39, 0.29) is 0 Å². The average molecular weight is 317 g/mol. The van der Waals surface area contributed by atoms with Crippen LogP contribution in [0, 0.1) is 18.8 Å². The largest absolute Gasteiger partial charge is 0.243 e. The minimum absolute atomic E-state index is 0.301. The van der Waals surface area contributed by atoms with Crippen LogP contribution in [0.4, 0.5) is 0 Å². The zero-order valence-electron chi connectivity index (χ0n) is 13.2. The van der Waals surface area contributed by atoms with Gasteiger partial charge in [0.05, 0.1) is 4.90 Å². The van der Waals surface area contributed by atoms with E-state index in [4.69, 9.17) is 0 Å². The molecule has 1 aromatic rings. The number of aryl methyl sites for hydroxylation is 1. The van der Waals surface area contributed by atoms with Gasteiger partial charge < -0.3 is 0 Å². The van der Waals surface area contributed by atoms with Crippen molar-refractivity contribution in [1.29, 1.82) is 0 Å². The van der Waals surface area contributed by atoms with Gasteiger partial charge in [0.15, 0.2) is 0 Å². The zero-order valence-corrected chi connectivity index (χ0v) is 14.0. The molecule has 0 amide bonds. The first-order chi connectivity index (χ1) is 10.5. The molecule has 4 heteroatoms. The lowest BCUT2D eigenvalue weighted by Crippen LogP contribution is -2.29. The predicted molar refractivity (Wildman–Crippen MR) is 89.0 cm³/mol. The summed E-state index contributed by atoms with van der Waals surface area (Å²) in [6.45, 7) is 5.28. The van der Waals surface area contributed by atoms with E-state index in [0.29, 0.717) is 29.8 Å². The number of rotatable bonds is 2. The summed E-state index contributed by atoms with van der Waals surface area (Å²) >= 11 is 0. The van der Waals surface area contributed by atoms with Crippen LogP contribution in [0.3, 0.4) is 0 Å². The van der Waals surface area contributed by atoms with Crippen LogP contribution in [0.2, 0.25) is 0 Å². The number of allylic oxidation sites excluding steroid dienone is 2. The molecule has 1 aromatic carbocycles. The second-order valence-corrected chi connectivity index (χ2v) is 8.38. The van der Waals surface area contributed by atoms with Crippen molar-refractivity contribution in [3.05, 3.63) is 53.6 Å². The van der Waals surface area contributed by atoms with Crippen molar-refractivity contribution in [2.45, 2.75) is 31.6 Å². The fraction of sp³-hybridized carbons (Fsp3) is 0.444. The maximum absolute atomic E-state index is 12.8. The Morgan fingerprint density at radius 3 is 2.45 bits per heavy atom. The molecule has 1 saturated heterocycles. The van der Waals surface area contributed by atoms with E-state index in [2.05, 4.69) is 25.2 Å². The highest BCUT2D eigenvalue weighted by Gasteiger charge is 2.37. The van der Waals surface area contributed by atoms with E-state index < -0.39 is 10.0 Å². The quantitative estimate of drug-likeness (QED) is 0.783. The molecule has 0 radical (unpaired) electrons. The van der Waals surface area contributed by atoms with Gasteiger partial charge in [-0.25, -0.2) is 8.42 Å². The Morgan fingerprint density at radius 2 is 1.73 bits per heavy atom. The van der Waals surface area contributed by atoms with Crippen LogP contribution in [0.5, 0.6) is 0 Å². The van der Waals surface area contributed by atoms with Crippen molar-refractivity contribution in [1.82, 2.24) is 4.31 Å². The second kappa shape index (κ2) is 6.01. The minimum atomic E-state index is -3.38. The van der Waals surface area contributed by atoms with E-state index in [1.165, 1.54) is 5.57 Å². The van der Waals surface area contributed by atoms with E-state index in [9.17, 15) is 8.42 Å². The number of nitrogens with zero attached hydrogens (tertiary/aromatic N) is 1. The van der Waals surface area contributed by atoms with Crippen LogP contribution in [-0.4, -0.2) is 25.8 Å². The highest BCUT2D eigenvalue weighted by atomic mass is 32.2. The molecule has 1 heterocycles. The summed E-state index contributed by atoms with van der Waals surface area (Å²) < 4.78 is 27.3. The molecule has 0 unspecified atom stereocenters. The van der Waals surface area contributed by atoms with Gasteiger partial charge in [-0.15, -0.1) is 0 Å². The summed E-state index contributed by atoms with van der Waals surface area (Å²) in [7, 11) is -3.38. The first-order valence-electron chi connectivity index (χ1n) is 7.87. The Hall–Kier alpha value is -1.39. The standard InChI is InChI=1S/C18H23NO2S/c1-14-7-9-18(10-8-14)22(20,21)19-12-16-6-4-3-5-15(2)11-17(16)13-19/h4,6-11,16-17H,3,5,12-13H2,1-2H3/b6-4-,15-11-/t16-,17+/m0/s1. The summed E-state index contributed by atoms with van der Waals surface area (Å²) in [5.41, 5.74) is 2.44. The van der Waals surface area contributed by atoms with Gasteiger partial charge in [-0.3, -0.25) is 0 Å². The molecule has 22 heavy (non-hydrogen) atoms. The van der Waals surface area contributed by atoms with Gasteiger partial charge in [-0.1, -0.05) is 41.5 Å². The number of sulfonamides is 1. The van der Waals surface area contributed by atoms with Crippen molar-refractivity contribution < 1.29 is 8.42 Å². The Labute approximate surface area is 133 Å². The predicted octanol–water partition coefficient (Wildman–Crippen LogP) is 3.53. The summed E-state index contributed by atoms with van der Waals surface area (Å²) in [6, 6.07) is 7.14. The molecule has 0 N–H and O–H groups in total. The summed E-state index contributed by atoms with van der Waals surface area (Å²) in [4.78, 5) is 0.400. The molecule has 2 atom stereocenters. The molecule has 3 nitrogen and oxygen atoms in total. The second-order valence-electron chi connectivity index (χ2n) is 6.44. The number of benzene rings is 1. The highest BCUT2D eigenvalue weighted by Crippen LogP contribution is 2.33. The lowest BCUT2D eigenvalue weighted by atomic mass is 9.90. The Balaban J connectivity index is 1.87. The molecule has 3 rings (SSSR count). The van der Waals surface area contributed by atoms with Crippen LogP contribution < -0.4 is 0 Å². The molecule has 0 saturated carbocycles. The highest BCUT2D eigenvalue weighted by molar-refractivity contribution is 7.89. The summed E-state index contributed by atoms with van der Waals surface area (Å²) in [5, 5.41) is 0. The number of fused-ring (bicyclic) bond motifs is 1. The van der Waals surface area contributed by atoms with Crippen molar-refractivity contribution in [3.63, 3.8) is 0 Å². The fourth-order valence-corrected chi connectivity index (χ4v) is 4.80. The molecular weight excluding hydrogens is 294 g/mol. The first-order valence-corrected chi connectivity index (χ1v) is 9.31. The van der Waals surface area contributed by atoms with Gasteiger partial charge in [0.2, 0.25) is 10.0 Å². The van der Waals surface area contributed by atoms with E-state index >= 15 is 0 Å². The Morgan fingerprint density at radius 1 is 1.05 bits per heavy atom. The van der Waals surface area contributed by atoms with Crippen molar-refractivity contribution in [2.75, 3.05) is 13.1 Å². The third-order valence-corrected chi connectivity index (χ3v) is 6.47. The minimum Gasteiger partial charge on any atom is -0.207 e. The normalized spacial score (nSPS) is 30.0. The number of hydrogen-bond donors (Lipinski definition) is 0. The van der Waals surface area contributed by atoms with Gasteiger partial charge >= 0.3 is 0 Å². The third kappa shape index (κ3) is 3.03. The van der Waals surface area contributed by atoms with Crippen LogP contribution in [0.15, 0.2) is 53.0 Å². The molecule has 1 fully saturated rings. The van der Waals surface area contributed by atoms with Crippen LogP contribution >= 0.6 is 0 Å². The van der Waals surface area contributed by atoms with Gasteiger partial charge in [-0.2, -0.15) is 4.31 Å². The lowest BCUT2D eigenvalue weighted by Gasteiger charge is -2.16. The molecule has 2 aliphatic rings. The lowest BCUT2D eigenvalue weighted by molar-refractivity contribution is 0.467. The van der Waals surface area contributed by atoms with Gasteiger partial charge in [0, 0.05) is 13.1 Å². The third-order valence-electron chi connectivity index (χ3n) is 4.62. The van der Waals surface area contributed by atoms with Gasteiger partial charge in [-0.05, 0) is 50.7 Å². The van der Waals surface area contributed by atoms with Gasteiger partial charge in [0.1, 0.15) is 0 Å². The zero-order chi connectivity index (χ0) is 15.7. The van der Waals surface area contributed by atoms with Crippen LogP contribution in [0.25, 0.3) is 0 Å². The Kier molecular flexibility index (Phi) is 4.24. The summed E-state index contributed by atoms with van der Waals surface area (Å²) in [6.07, 6.45) is 8.81. The van der Waals surface area contributed by atoms with Gasteiger partial charge in [0.25, 0.3) is 0 Å². The van der Waals surface area contributed by atoms with E-state index in [1.807, 2.05) is 19.1 Å². The van der Waals surface area contributed by atoms with Crippen LogP contribution in [0.1, 0.15) is 25.3 Å². The smallest absolute Gasteiger partial charge is 0.207 e. The van der Waals surface area contributed by atoms with Crippen molar-refractivity contribution in [2.24, 2.45) is 11.8 Å². The molecule has 1 aliphatic carbocycles. The summed E-state index contributed by atoms with van der Waals surface area (Å²) in [5.74, 6) is 0.604. The molecular formula is C18H23NO2S. The molecule has 0 aromatic heterocycles. The SMILES string of the molecule is C/C1=C/[C@@H]2CN(S(=O)(=O)c3ccc(C)cc3)C[C@@H]2/C=C\CC1. The molecule has 0 spiro atoms. The first kappa shape index (κ1) is 15.5. The van der Waals surface area contributed by atoms with Crippen LogP contribution in [-0.2, 0) is 10.0 Å². The maximum atomic E-state index is 12.8. The molecule has 0 bridgehead atoms. The van der Waals surface area contributed by atoms with E-state index in [1.54, 1.807) is 16.4 Å². The monoisotopic (exact) mass is 317 g/mol. The maximum Gasteiger partial charge on any atom is 0.243 e. The van der Waals surface area contributed by atoms with E-state index in [0.717, 1.165) is 18.4 Å². The fourth-order valence-electron chi connectivity index (χ4n) is 3.28. The topological polar surface area (TPSA) is 37.4 Å². The average Bonchev–Trinajstić information content (AvgIpc) is 2.85. The van der Waals surface area contributed by atoms with Crippen molar-refractivity contribution >= 4 is 10.0 Å². The molecule has 1 aliphatic heterocycles. The molecule has 118 valence electrons.